The van der Waals surface area contributed by atoms with E-state index >= 15 is 0 Å². The van der Waals surface area contributed by atoms with Crippen LogP contribution in [-0.4, -0.2) is 19.1 Å². The fourth-order valence-electron chi connectivity index (χ4n) is 1.64. The van der Waals surface area contributed by atoms with Crippen molar-refractivity contribution in [3.05, 3.63) is 29.3 Å². The van der Waals surface area contributed by atoms with Crippen molar-refractivity contribution in [3.63, 3.8) is 0 Å². The molecule has 0 spiro atoms. The number of hydrogen-bond acceptors (Lipinski definition) is 3. The van der Waals surface area contributed by atoms with Gasteiger partial charge >= 0.3 is 5.97 Å². The van der Waals surface area contributed by atoms with Gasteiger partial charge in [0.15, 0.2) is 0 Å². The predicted molar refractivity (Wildman–Crippen MR) is 65.7 cm³/mol. The molecule has 1 aromatic rings. The Morgan fingerprint density at radius 3 is 2.39 bits per heavy atom. The Morgan fingerprint density at radius 2 is 1.89 bits per heavy atom. The zero-order chi connectivity index (χ0) is 13.7. The highest BCUT2D eigenvalue weighted by Crippen LogP contribution is 2.22. The van der Waals surface area contributed by atoms with Gasteiger partial charge in [0.05, 0.1) is 18.4 Å². The summed E-state index contributed by atoms with van der Waals surface area (Å²) in [6, 6.07) is 1.92. The molecule has 0 aliphatic carbocycles. The number of nitrogens with one attached hydrogen (secondary N) is 1. The molecule has 0 aromatic heterocycles. The van der Waals surface area contributed by atoms with Crippen molar-refractivity contribution in [2.75, 3.05) is 12.4 Å². The van der Waals surface area contributed by atoms with Crippen molar-refractivity contribution in [1.82, 2.24) is 0 Å². The minimum absolute atomic E-state index is 0.0791. The molecule has 1 rings (SSSR count). The first-order chi connectivity index (χ1) is 8.53. The molecular formula is C13H17F2NO2. The monoisotopic (exact) mass is 257 g/mol. The third-order valence-corrected chi connectivity index (χ3v) is 2.81. The van der Waals surface area contributed by atoms with Gasteiger partial charge in [-0.2, -0.15) is 0 Å². The maximum atomic E-state index is 13.6. The van der Waals surface area contributed by atoms with Gasteiger partial charge in [-0.05, 0) is 18.9 Å². The Kier molecular flexibility index (Phi) is 5.07. The van der Waals surface area contributed by atoms with E-state index in [1.54, 1.807) is 0 Å². The molecule has 0 radical (unpaired) electrons. The molecule has 0 bridgehead atoms. The maximum Gasteiger partial charge on any atom is 0.340 e. The van der Waals surface area contributed by atoms with E-state index in [0.29, 0.717) is 6.07 Å². The number of carbonyl (C=O) groups excluding carboxylic acids is 1. The third-order valence-electron chi connectivity index (χ3n) is 2.81. The quantitative estimate of drug-likeness (QED) is 0.822. The highest BCUT2D eigenvalue weighted by Gasteiger charge is 2.17. The van der Waals surface area contributed by atoms with Crippen LogP contribution in [0, 0.1) is 11.6 Å². The molecule has 0 amide bonds. The summed E-state index contributed by atoms with van der Waals surface area (Å²) in [4.78, 5) is 11.3. The molecular weight excluding hydrogens is 240 g/mol. The molecule has 100 valence electrons. The number of methoxy groups -OCH3 is 1. The minimum atomic E-state index is -0.922. The second-order valence-electron chi connectivity index (χ2n) is 3.96. The van der Waals surface area contributed by atoms with Gasteiger partial charge in [0, 0.05) is 12.1 Å². The van der Waals surface area contributed by atoms with Crippen molar-refractivity contribution in [2.45, 2.75) is 32.7 Å². The predicted octanol–water partition coefficient (Wildman–Crippen LogP) is 3.35. The van der Waals surface area contributed by atoms with Crippen LogP contribution >= 0.6 is 0 Å². The smallest absolute Gasteiger partial charge is 0.340 e. The Morgan fingerprint density at radius 1 is 1.28 bits per heavy atom. The number of carbonyl (C=O) groups is 1. The average Bonchev–Trinajstić information content (AvgIpc) is 2.37. The van der Waals surface area contributed by atoms with Crippen LogP contribution in [0.4, 0.5) is 14.5 Å². The molecule has 18 heavy (non-hydrogen) atoms. The second-order valence-corrected chi connectivity index (χ2v) is 3.96. The molecule has 0 unspecified atom stereocenters. The molecule has 0 saturated heterocycles. The Hall–Kier alpha value is -1.65. The lowest BCUT2D eigenvalue weighted by atomic mass is 10.1. The summed E-state index contributed by atoms with van der Waals surface area (Å²) in [6.07, 6.45) is 1.61. The number of benzene rings is 1. The summed E-state index contributed by atoms with van der Waals surface area (Å²) < 4.78 is 31.4. The Balaban J connectivity index is 3.08. The number of halogens is 2. The Bertz CT molecular complexity index is 431. The molecule has 1 aromatic carbocycles. The van der Waals surface area contributed by atoms with Gasteiger partial charge < -0.3 is 10.1 Å². The lowest BCUT2D eigenvalue weighted by Crippen LogP contribution is -2.18. The molecule has 0 heterocycles. The zero-order valence-electron chi connectivity index (χ0n) is 10.7. The van der Waals surface area contributed by atoms with E-state index in [1.165, 1.54) is 0 Å². The normalized spacial score (nSPS) is 10.6. The van der Waals surface area contributed by atoms with Crippen LogP contribution in [0.1, 0.15) is 37.0 Å². The van der Waals surface area contributed by atoms with Gasteiger partial charge in [-0.15, -0.1) is 0 Å². The maximum absolute atomic E-state index is 13.6. The van der Waals surface area contributed by atoms with Crippen LogP contribution in [0.3, 0.4) is 0 Å². The highest BCUT2D eigenvalue weighted by atomic mass is 19.1. The summed E-state index contributed by atoms with van der Waals surface area (Å²) in [5, 5.41) is 2.94. The number of esters is 1. The minimum Gasteiger partial charge on any atom is -0.465 e. The van der Waals surface area contributed by atoms with Gasteiger partial charge in [-0.3, -0.25) is 0 Å². The first-order valence-corrected chi connectivity index (χ1v) is 5.87. The van der Waals surface area contributed by atoms with Crippen LogP contribution in [0.25, 0.3) is 0 Å². The molecule has 0 aliphatic rings. The first-order valence-electron chi connectivity index (χ1n) is 5.87. The molecule has 0 fully saturated rings. The molecule has 0 atom stereocenters. The van der Waals surface area contributed by atoms with E-state index in [2.05, 4.69) is 10.1 Å². The van der Waals surface area contributed by atoms with E-state index in [0.717, 1.165) is 26.0 Å². The van der Waals surface area contributed by atoms with Gasteiger partial charge in [0.1, 0.15) is 11.6 Å². The van der Waals surface area contributed by atoms with Crippen LogP contribution in [0.15, 0.2) is 12.1 Å². The fourth-order valence-corrected chi connectivity index (χ4v) is 1.64. The third kappa shape index (κ3) is 3.18. The summed E-state index contributed by atoms with van der Waals surface area (Å²) >= 11 is 0. The fraction of sp³-hybridized carbons (Fsp3) is 0.462. The van der Waals surface area contributed by atoms with Crippen molar-refractivity contribution >= 4 is 11.7 Å². The van der Waals surface area contributed by atoms with E-state index < -0.39 is 17.6 Å². The molecule has 0 saturated carbocycles. The molecule has 1 N–H and O–H groups in total. The van der Waals surface area contributed by atoms with Gasteiger partial charge in [0.25, 0.3) is 0 Å². The van der Waals surface area contributed by atoms with Gasteiger partial charge in [-0.1, -0.05) is 13.8 Å². The van der Waals surface area contributed by atoms with Crippen molar-refractivity contribution in [1.29, 1.82) is 0 Å². The van der Waals surface area contributed by atoms with Crippen LogP contribution in [0.5, 0.6) is 0 Å². The first kappa shape index (κ1) is 14.4. The summed E-state index contributed by atoms with van der Waals surface area (Å²) in [7, 11) is 1.15. The van der Waals surface area contributed by atoms with Crippen molar-refractivity contribution in [3.8, 4) is 0 Å². The van der Waals surface area contributed by atoms with E-state index in [1.807, 2.05) is 13.8 Å². The molecule has 3 nitrogen and oxygen atoms in total. The second kappa shape index (κ2) is 6.33. The van der Waals surface area contributed by atoms with Crippen LogP contribution in [0.2, 0.25) is 0 Å². The van der Waals surface area contributed by atoms with E-state index in [4.69, 9.17) is 0 Å². The summed E-state index contributed by atoms with van der Waals surface area (Å²) in [5.41, 5.74) is -0.155. The largest absolute Gasteiger partial charge is 0.465 e. The number of rotatable bonds is 5. The lowest BCUT2D eigenvalue weighted by molar-refractivity contribution is 0.0595. The van der Waals surface area contributed by atoms with E-state index in [-0.39, 0.29) is 17.3 Å². The van der Waals surface area contributed by atoms with Crippen molar-refractivity contribution in [2.24, 2.45) is 0 Å². The lowest BCUT2D eigenvalue weighted by Gasteiger charge is -2.17. The summed E-state index contributed by atoms with van der Waals surface area (Å²) in [5.74, 6) is -2.46. The highest BCUT2D eigenvalue weighted by molar-refractivity contribution is 5.90. The van der Waals surface area contributed by atoms with Gasteiger partial charge in [-0.25, -0.2) is 13.6 Å². The Labute approximate surface area is 105 Å². The summed E-state index contributed by atoms with van der Waals surface area (Å²) in [6.45, 7) is 3.92. The number of anilines is 1. The van der Waals surface area contributed by atoms with E-state index in [9.17, 15) is 13.6 Å². The standard InChI is InChI=1S/C13H17F2NO2/c1-4-8(5-2)16-12-6-9(13(17)18-3)10(14)7-11(12)15/h6-8,16H,4-5H2,1-3H3. The average molecular weight is 257 g/mol. The van der Waals surface area contributed by atoms with Crippen LogP contribution < -0.4 is 5.32 Å². The zero-order valence-corrected chi connectivity index (χ0v) is 10.7. The topological polar surface area (TPSA) is 38.3 Å². The number of hydrogen-bond donors (Lipinski definition) is 1. The molecule has 5 heteroatoms. The number of ether oxygens (including phenoxy) is 1. The van der Waals surface area contributed by atoms with Gasteiger partial charge in [0.2, 0.25) is 0 Å². The van der Waals surface area contributed by atoms with Crippen molar-refractivity contribution < 1.29 is 18.3 Å². The molecule has 0 aliphatic heterocycles. The van der Waals surface area contributed by atoms with Crippen LogP contribution in [-0.2, 0) is 4.74 Å². The SMILES string of the molecule is CCC(CC)Nc1cc(C(=O)OC)c(F)cc1F.